The van der Waals surface area contributed by atoms with E-state index in [9.17, 15) is 9.59 Å². The molecule has 0 aromatic rings. The molecule has 0 radical (unpaired) electrons. The normalized spacial score (nSPS) is 27.7. The third-order valence-corrected chi connectivity index (χ3v) is 3.15. The monoisotopic (exact) mass is 211 g/mol. The molecule has 0 bridgehead atoms. The standard InChI is InChI=1S/C12H21NO2/c1-8-9(2)11(15)13(10(8)14)7-6-12(3,4)5/h8-9H,6-7H2,1-5H3. The highest BCUT2D eigenvalue weighted by Gasteiger charge is 2.41. The molecular weight excluding hydrogens is 190 g/mol. The number of likely N-dealkylation sites (tertiary alicyclic amines) is 1. The van der Waals surface area contributed by atoms with Crippen LogP contribution in [0.1, 0.15) is 41.0 Å². The average molecular weight is 211 g/mol. The van der Waals surface area contributed by atoms with E-state index in [0.717, 1.165) is 6.42 Å². The van der Waals surface area contributed by atoms with Crippen LogP contribution >= 0.6 is 0 Å². The van der Waals surface area contributed by atoms with Crippen molar-refractivity contribution in [3.05, 3.63) is 0 Å². The van der Waals surface area contributed by atoms with Crippen LogP contribution in [-0.4, -0.2) is 23.3 Å². The van der Waals surface area contributed by atoms with E-state index in [2.05, 4.69) is 20.8 Å². The number of imide groups is 1. The summed E-state index contributed by atoms with van der Waals surface area (Å²) in [5, 5.41) is 0. The molecule has 2 unspecified atom stereocenters. The second-order valence-corrected chi connectivity index (χ2v) is 5.72. The summed E-state index contributed by atoms with van der Waals surface area (Å²) in [5.41, 5.74) is 0.162. The predicted molar refractivity (Wildman–Crippen MR) is 59.1 cm³/mol. The maximum absolute atomic E-state index is 11.7. The first-order chi connectivity index (χ1) is 6.74. The lowest BCUT2D eigenvalue weighted by atomic mass is 9.92. The highest BCUT2D eigenvalue weighted by molar-refractivity contribution is 6.04. The Labute approximate surface area is 91.8 Å². The molecule has 1 saturated heterocycles. The summed E-state index contributed by atoms with van der Waals surface area (Å²) in [5.74, 6) is -0.288. The summed E-state index contributed by atoms with van der Waals surface area (Å²) in [7, 11) is 0. The number of carbonyl (C=O) groups is 2. The van der Waals surface area contributed by atoms with Crippen molar-refractivity contribution in [2.75, 3.05) is 6.54 Å². The number of amides is 2. The molecule has 1 aliphatic rings. The molecule has 0 spiro atoms. The zero-order chi connectivity index (χ0) is 11.8. The fraction of sp³-hybridized carbons (Fsp3) is 0.833. The zero-order valence-electron chi connectivity index (χ0n) is 10.3. The molecule has 1 aliphatic heterocycles. The van der Waals surface area contributed by atoms with Crippen LogP contribution in [0.5, 0.6) is 0 Å². The molecule has 0 N–H and O–H groups in total. The summed E-state index contributed by atoms with van der Waals surface area (Å²) < 4.78 is 0. The average Bonchev–Trinajstić information content (AvgIpc) is 2.28. The minimum atomic E-state index is -0.141. The molecule has 3 heteroatoms. The van der Waals surface area contributed by atoms with Crippen LogP contribution < -0.4 is 0 Å². The van der Waals surface area contributed by atoms with Gasteiger partial charge in [0.05, 0.1) is 0 Å². The van der Waals surface area contributed by atoms with Gasteiger partial charge in [0.2, 0.25) is 11.8 Å². The Morgan fingerprint density at radius 1 is 1.07 bits per heavy atom. The maximum Gasteiger partial charge on any atom is 0.232 e. The third kappa shape index (κ3) is 2.58. The molecule has 86 valence electrons. The number of rotatable bonds is 2. The predicted octanol–water partition coefficient (Wildman–Crippen LogP) is 2.06. The van der Waals surface area contributed by atoms with Crippen molar-refractivity contribution >= 4 is 11.8 Å². The molecule has 1 heterocycles. The fourth-order valence-electron chi connectivity index (χ4n) is 1.70. The molecule has 0 saturated carbocycles. The maximum atomic E-state index is 11.7. The summed E-state index contributed by atoms with van der Waals surface area (Å²) in [6.45, 7) is 10.6. The van der Waals surface area contributed by atoms with Gasteiger partial charge in [-0.1, -0.05) is 34.6 Å². The van der Waals surface area contributed by atoms with E-state index >= 15 is 0 Å². The molecule has 0 aromatic heterocycles. The lowest BCUT2D eigenvalue weighted by Crippen LogP contribution is -2.33. The summed E-state index contributed by atoms with van der Waals surface area (Å²) in [6, 6.07) is 0. The molecule has 15 heavy (non-hydrogen) atoms. The van der Waals surface area contributed by atoms with Gasteiger partial charge in [-0.3, -0.25) is 14.5 Å². The van der Waals surface area contributed by atoms with Crippen molar-refractivity contribution in [2.24, 2.45) is 17.3 Å². The molecule has 1 fully saturated rings. The molecule has 0 aromatic carbocycles. The Morgan fingerprint density at radius 3 is 1.80 bits per heavy atom. The number of hydrogen-bond donors (Lipinski definition) is 0. The van der Waals surface area contributed by atoms with Crippen molar-refractivity contribution in [3.63, 3.8) is 0 Å². The van der Waals surface area contributed by atoms with Crippen LogP contribution in [0.15, 0.2) is 0 Å². The second kappa shape index (κ2) is 3.95. The van der Waals surface area contributed by atoms with Crippen molar-refractivity contribution in [1.29, 1.82) is 0 Å². The SMILES string of the molecule is CC1C(=O)N(CCC(C)(C)C)C(=O)C1C. The van der Waals surface area contributed by atoms with Crippen molar-refractivity contribution in [2.45, 2.75) is 41.0 Å². The van der Waals surface area contributed by atoms with Gasteiger partial charge in [0, 0.05) is 18.4 Å². The summed E-state index contributed by atoms with van der Waals surface area (Å²) >= 11 is 0. The lowest BCUT2D eigenvalue weighted by Gasteiger charge is -2.22. The van der Waals surface area contributed by atoms with E-state index < -0.39 is 0 Å². The third-order valence-electron chi connectivity index (χ3n) is 3.15. The number of nitrogens with zero attached hydrogens (tertiary/aromatic N) is 1. The van der Waals surface area contributed by atoms with E-state index in [1.165, 1.54) is 4.90 Å². The van der Waals surface area contributed by atoms with Gasteiger partial charge in [0.15, 0.2) is 0 Å². The Hall–Kier alpha value is -0.860. The Bertz CT molecular complexity index is 258. The van der Waals surface area contributed by atoms with Gasteiger partial charge in [-0.15, -0.1) is 0 Å². The minimum absolute atomic E-state index is 0.00301. The first-order valence-electron chi connectivity index (χ1n) is 5.59. The van der Waals surface area contributed by atoms with Crippen LogP contribution in [-0.2, 0) is 9.59 Å². The first-order valence-corrected chi connectivity index (χ1v) is 5.59. The zero-order valence-corrected chi connectivity index (χ0v) is 10.3. The highest BCUT2D eigenvalue weighted by Crippen LogP contribution is 2.27. The van der Waals surface area contributed by atoms with Crippen molar-refractivity contribution < 1.29 is 9.59 Å². The Balaban J connectivity index is 2.64. The Morgan fingerprint density at radius 2 is 1.47 bits per heavy atom. The van der Waals surface area contributed by atoms with Crippen LogP contribution in [0, 0.1) is 17.3 Å². The summed E-state index contributed by atoms with van der Waals surface area (Å²) in [4.78, 5) is 24.9. The van der Waals surface area contributed by atoms with E-state index in [-0.39, 0.29) is 29.1 Å². The molecule has 1 rings (SSSR count). The molecule has 3 nitrogen and oxygen atoms in total. The fourth-order valence-corrected chi connectivity index (χ4v) is 1.70. The van der Waals surface area contributed by atoms with E-state index in [1.54, 1.807) is 0 Å². The van der Waals surface area contributed by atoms with Crippen LogP contribution in [0.3, 0.4) is 0 Å². The number of carbonyl (C=O) groups excluding carboxylic acids is 2. The van der Waals surface area contributed by atoms with Crippen molar-refractivity contribution in [3.8, 4) is 0 Å². The van der Waals surface area contributed by atoms with Gasteiger partial charge >= 0.3 is 0 Å². The molecule has 2 amide bonds. The largest absolute Gasteiger partial charge is 0.282 e. The van der Waals surface area contributed by atoms with Gasteiger partial charge in [-0.2, -0.15) is 0 Å². The molecular formula is C12H21NO2. The molecule has 2 atom stereocenters. The van der Waals surface area contributed by atoms with E-state index in [4.69, 9.17) is 0 Å². The smallest absolute Gasteiger partial charge is 0.232 e. The van der Waals surface area contributed by atoms with Gasteiger partial charge in [0.1, 0.15) is 0 Å². The van der Waals surface area contributed by atoms with Gasteiger partial charge in [-0.25, -0.2) is 0 Å². The van der Waals surface area contributed by atoms with Gasteiger partial charge < -0.3 is 0 Å². The van der Waals surface area contributed by atoms with Crippen LogP contribution in [0.2, 0.25) is 0 Å². The Kier molecular flexibility index (Phi) is 3.22. The van der Waals surface area contributed by atoms with Gasteiger partial charge in [0.25, 0.3) is 0 Å². The lowest BCUT2D eigenvalue weighted by molar-refractivity contribution is -0.140. The minimum Gasteiger partial charge on any atom is -0.282 e. The van der Waals surface area contributed by atoms with Crippen molar-refractivity contribution in [1.82, 2.24) is 4.90 Å². The van der Waals surface area contributed by atoms with Gasteiger partial charge in [-0.05, 0) is 11.8 Å². The van der Waals surface area contributed by atoms with E-state index in [0.29, 0.717) is 6.54 Å². The second-order valence-electron chi connectivity index (χ2n) is 5.72. The van der Waals surface area contributed by atoms with E-state index in [1.807, 2.05) is 13.8 Å². The molecule has 0 aliphatic carbocycles. The first kappa shape index (κ1) is 12.2. The van der Waals surface area contributed by atoms with Crippen LogP contribution in [0.25, 0.3) is 0 Å². The van der Waals surface area contributed by atoms with Crippen LogP contribution in [0.4, 0.5) is 0 Å². The quantitative estimate of drug-likeness (QED) is 0.656. The number of hydrogen-bond acceptors (Lipinski definition) is 2. The topological polar surface area (TPSA) is 37.4 Å². The summed E-state index contributed by atoms with van der Waals surface area (Å²) in [6.07, 6.45) is 0.865. The highest BCUT2D eigenvalue weighted by atomic mass is 16.2.